The summed E-state index contributed by atoms with van der Waals surface area (Å²) in [5, 5.41) is 18.2. The normalized spacial score (nSPS) is 10.0. The molecule has 1 aromatic rings. The first-order valence-corrected chi connectivity index (χ1v) is 4.77. The number of phenolic OH excluding ortho intramolecular Hbond substituents is 1. The monoisotopic (exact) mass is 210 g/mol. The number of hydrogen-bond donors (Lipinski definition) is 2. The molecule has 1 aromatic carbocycles. The molecule has 0 amide bonds. The van der Waals surface area contributed by atoms with Gasteiger partial charge >= 0.3 is 6.16 Å². The first kappa shape index (κ1) is 11.4. The van der Waals surface area contributed by atoms with Gasteiger partial charge < -0.3 is 14.9 Å². The lowest BCUT2D eigenvalue weighted by Gasteiger charge is -2.09. The van der Waals surface area contributed by atoms with Crippen LogP contribution in [0.1, 0.15) is 24.5 Å². The van der Waals surface area contributed by atoms with Crippen LogP contribution < -0.4 is 4.74 Å². The van der Waals surface area contributed by atoms with Crippen LogP contribution in [0.4, 0.5) is 4.79 Å². The van der Waals surface area contributed by atoms with Gasteiger partial charge in [0.25, 0.3) is 0 Å². The van der Waals surface area contributed by atoms with Crippen molar-refractivity contribution < 1.29 is 19.7 Å². The SMILES string of the molecule is CCCc1cc(C)cc(OC(=O)O)c1O. The zero-order chi connectivity index (χ0) is 11.4. The third-order valence-electron chi connectivity index (χ3n) is 2.01. The Morgan fingerprint density at radius 3 is 2.67 bits per heavy atom. The molecule has 1 rings (SSSR count). The predicted molar refractivity (Wildman–Crippen MR) is 55.5 cm³/mol. The summed E-state index contributed by atoms with van der Waals surface area (Å²) in [5.74, 6) is -0.0733. The molecule has 0 unspecified atom stereocenters. The predicted octanol–water partition coefficient (Wildman–Crippen LogP) is 2.71. The van der Waals surface area contributed by atoms with Gasteiger partial charge in [0.15, 0.2) is 11.5 Å². The number of rotatable bonds is 3. The lowest BCUT2D eigenvalue weighted by molar-refractivity contribution is 0.143. The van der Waals surface area contributed by atoms with Crippen molar-refractivity contribution in [3.63, 3.8) is 0 Å². The van der Waals surface area contributed by atoms with E-state index in [2.05, 4.69) is 4.74 Å². The first-order chi connectivity index (χ1) is 7.04. The van der Waals surface area contributed by atoms with Crippen LogP contribution in [0.15, 0.2) is 12.1 Å². The fourth-order valence-electron chi connectivity index (χ4n) is 1.45. The lowest BCUT2D eigenvalue weighted by atomic mass is 10.1. The zero-order valence-electron chi connectivity index (χ0n) is 8.78. The fourth-order valence-corrected chi connectivity index (χ4v) is 1.45. The van der Waals surface area contributed by atoms with Gasteiger partial charge in [0, 0.05) is 0 Å². The molecule has 0 atom stereocenters. The summed E-state index contributed by atoms with van der Waals surface area (Å²) < 4.78 is 4.48. The topological polar surface area (TPSA) is 66.8 Å². The van der Waals surface area contributed by atoms with E-state index in [1.54, 1.807) is 0 Å². The van der Waals surface area contributed by atoms with E-state index in [1.165, 1.54) is 6.07 Å². The number of phenols is 1. The highest BCUT2D eigenvalue weighted by atomic mass is 16.7. The Morgan fingerprint density at radius 1 is 1.47 bits per heavy atom. The van der Waals surface area contributed by atoms with Crippen LogP contribution in [0.5, 0.6) is 11.5 Å². The molecule has 0 bridgehead atoms. The Bertz CT molecular complexity index is 371. The fraction of sp³-hybridized carbons (Fsp3) is 0.364. The Kier molecular flexibility index (Phi) is 3.55. The van der Waals surface area contributed by atoms with Gasteiger partial charge in [-0.2, -0.15) is 0 Å². The summed E-state index contributed by atoms with van der Waals surface area (Å²) in [5.41, 5.74) is 1.58. The average Bonchev–Trinajstić information content (AvgIpc) is 2.12. The summed E-state index contributed by atoms with van der Waals surface area (Å²) in [4.78, 5) is 10.4. The van der Waals surface area contributed by atoms with Crippen molar-refractivity contribution >= 4 is 6.16 Å². The van der Waals surface area contributed by atoms with E-state index in [-0.39, 0.29) is 11.5 Å². The van der Waals surface area contributed by atoms with E-state index in [1.807, 2.05) is 19.9 Å². The molecule has 82 valence electrons. The number of aryl methyl sites for hydroxylation is 2. The second kappa shape index (κ2) is 4.68. The second-order valence-corrected chi connectivity index (χ2v) is 3.39. The van der Waals surface area contributed by atoms with Crippen LogP contribution in [0.3, 0.4) is 0 Å². The standard InChI is InChI=1S/C11H14O4/c1-3-4-8-5-7(2)6-9(10(8)12)15-11(13)14/h5-6,12H,3-4H2,1-2H3,(H,13,14). The van der Waals surface area contributed by atoms with Crippen molar-refractivity contribution in [2.45, 2.75) is 26.7 Å². The van der Waals surface area contributed by atoms with Crippen LogP contribution in [0.25, 0.3) is 0 Å². The minimum Gasteiger partial charge on any atom is -0.504 e. The maximum atomic E-state index is 10.4. The van der Waals surface area contributed by atoms with Crippen molar-refractivity contribution in [1.29, 1.82) is 0 Å². The molecular weight excluding hydrogens is 196 g/mol. The maximum Gasteiger partial charge on any atom is 0.511 e. The molecule has 0 aromatic heterocycles. The van der Waals surface area contributed by atoms with Crippen molar-refractivity contribution in [2.24, 2.45) is 0 Å². The van der Waals surface area contributed by atoms with E-state index in [4.69, 9.17) is 5.11 Å². The first-order valence-electron chi connectivity index (χ1n) is 4.77. The highest BCUT2D eigenvalue weighted by Crippen LogP contribution is 2.32. The Balaban J connectivity index is 3.09. The maximum absolute atomic E-state index is 10.4. The smallest absolute Gasteiger partial charge is 0.504 e. The number of benzene rings is 1. The van der Waals surface area contributed by atoms with Gasteiger partial charge in [0.1, 0.15) is 0 Å². The highest BCUT2D eigenvalue weighted by molar-refractivity contribution is 5.64. The third-order valence-corrected chi connectivity index (χ3v) is 2.01. The molecule has 0 spiro atoms. The summed E-state index contributed by atoms with van der Waals surface area (Å²) in [6.45, 7) is 3.81. The molecule has 0 heterocycles. The van der Waals surface area contributed by atoms with Gasteiger partial charge in [-0.3, -0.25) is 0 Å². The molecule has 0 saturated carbocycles. The average molecular weight is 210 g/mol. The van der Waals surface area contributed by atoms with Crippen LogP contribution in [-0.4, -0.2) is 16.4 Å². The molecule has 0 fully saturated rings. The largest absolute Gasteiger partial charge is 0.511 e. The number of hydrogen-bond acceptors (Lipinski definition) is 3. The van der Waals surface area contributed by atoms with Crippen LogP contribution in [0.2, 0.25) is 0 Å². The molecule has 0 aliphatic heterocycles. The van der Waals surface area contributed by atoms with Gasteiger partial charge in [-0.1, -0.05) is 19.4 Å². The molecule has 0 saturated heterocycles. The molecule has 0 radical (unpaired) electrons. The van der Waals surface area contributed by atoms with Gasteiger partial charge in [-0.15, -0.1) is 0 Å². The van der Waals surface area contributed by atoms with Crippen molar-refractivity contribution in [2.75, 3.05) is 0 Å². The minimum atomic E-state index is -1.42. The van der Waals surface area contributed by atoms with Crippen LogP contribution in [-0.2, 0) is 6.42 Å². The van der Waals surface area contributed by atoms with Crippen LogP contribution in [0, 0.1) is 6.92 Å². The molecule has 4 nitrogen and oxygen atoms in total. The Morgan fingerprint density at radius 2 is 2.13 bits per heavy atom. The number of carboxylic acid groups (broad SMARTS) is 1. The number of ether oxygens (including phenoxy) is 1. The summed E-state index contributed by atoms with van der Waals surface area (Å²) in [7, 11) is 0. The molecule has 0 aliphatic carbocycles. The molecular formula is C11H14O4. The van der Waals surface area contributed by atoms with E-state index in [9.17, 15) is 9.90 Å². The summed E-state index contributed by atoms with van der Waals surface area (Å²) >= 11 is 0. The zero-order valence-corrected chi connectivity index (χ0v) is 8.78. The van der Waals surface area contributed by atoms with Crippen LogP contribution >= 0.6 is 0 Å². The second-order valence-electron chi connectivity index (χ2n) is 3.39. The van der Waals surface area contributed by atoms with Gasteiger partial charge in [-0.25, -0.2) is 4.79 Å². The summed E-state index contributed by atoms with van der Waals surface area (Å²) in [6, 6.07) is 3.33. The summed E-state index contributed by atoms with van der Waals surface area (Å²) in [6.07, 6.45) is 0.158. The highest BCUT2D eigenvalue weighted by Gasteiger charge is 2.12. The van der Waals surface area contributed by atoms with E-state index < -0.39 is 6.16 Å². The number of carbonyl (C=O) groups is 1. The number of aromatic hydroxyl groups is 1. The molecule has 0 aliphatic rings. The Labute approximate surface area is 88.1 Å². The van der Waals surface area contributed by atoms with E-state index in [0.29, 0.717) is 12.0 Å². The molecule has 4 heteroatoms. The lowest BCUT2D eigenvalue weighted by Crippen LogP contribution is -2.04. The van der Waals surface area contributed by atoms with Gasteiger partial charge in [-0.05, 0) is 30.5 Å². The van der Waals surface area contributed by atoms with E-state index in [0.717, 1.165) is 12.0 Å². The van der Waals surface area contributed by atoms with Gasteiger partial charge in [0.05, 0.1) is 0 Å². The van der Waals surface area contributed by atoms with Crippen molar-refractivity contribution in [1.82, 2.24) is 0 Å². The molecule has 15 heavy (non-hydrogen) atoms. The Hall–Kier alpha value is -1.71. The minimum absolute atomic E-state index is 0.00551. The van der Waals surface area contributed by atoms with Gasteiger partial charge in [0.2, 0.25) is 0 Å². The molecule has 2 N–H and O–H groups in total. The van der Waals surface area contributed by atoms with Crippen molar-refractivity contribution in [3.05, 3.63) is 23.3 Å². The van der Waals surface area contributed by atoms with Crippen molar-refractivity contribution in [3.8, 4) is 11.5 Å². The third kappa shape index (κ3) is 2.87. The van der Waals surface area contributed by atoms with E-state index >= 15 is 0 Å². The quantitative estimate of drug-likeness (QED) is 0.594.